The number of hydrogen-bond acceptors (Lipinski definition) is 3. The van der Waals surface area contributed by atoms with E-state index in [1.807, 2.05) is 30.3 Å². The van der Waals surface area contributed by atoms with Crippen LogP contribution in [0.15, 0.2) is 59.6 Å². The van der Waals surface area contributed by atoms with Crippen molar-refractivity contribution in [2.24, 2.45) is 4.99 Å². The topological polar surface area (TPSA) is 44.7 Å². The van der Waals surface area contributed by atoms with Crippen molar-refractivity contribution < 1.29 is 9.18 Å². The summed E-state index contributed by atoms with van der Waals surface area (Å²) in [5.41, 5.74) is 1.57. The van der Waals surface area contributed by atoms with E-state index in [4.69, 9.17) is 0 Å². The van der Waals surface area contributed by atoms with Gasteiger partial charge in [-0.1, -0.05) is 49.0 Å². The van der Waals surface area contributed by atoms with Gasteiger partial charge in [0.05, 0.1) is 13.1 Å². The highest BCUT2D eigenvalue weighted by Crippen LogP contribution is 2.25. The molecule has 0 aromatic heterocycles. The lowest BCUT2D eigenvalue weighted by Gasteiger charge is -2.23. The highest BCUT2D eigenvalue weighted by atomic mass is 32.2. The lowest BCUT2D eigenvalue weighted by molar-refractivity contribution is 0.233. The molecule has 0 aliphatic carbocycles. The Hall–Kier alpha value is -2.34. The van der Waals surface area contributed by atoms with Gasteiger partial charge >= 0.3 is 6.03 Å². The van der Waals surface area contributed by atoms with Gasteiger partial charge in [-0.2, -0.15) is 0 Å². The van der Waals surface area contributed by atoms with Gasteiger partial charge in [0, 0.05) is 10.9 Å². The van der Waals surface area contributed by atoms with Gasteiger partial charge in [0.25, 0.3) is 0 Å². The Balaban J connectivity index is 1.79. The number of benzene rings is 2. The summed E-state index contributed by atoms with van der Waals surface area (Å²) in [5.74, 6) is -0.291. The third kappa shape index (κ3) is 4.14. The molecule has 4 nitrogen and oxygen atoms in total. The van der Waals surface area contributed by atoms with E-state index in [2.05, 4.69) is 17.2 Å². The Morgan fingerprint density at radius 1 is 1.25 bits per heavy atom. The molecule has 1 aliphatic rings. The average Bonchev–Trinajstić information content (AvgIpc) is 3.01. The number of amidine groups is 1. The van der Waals surface area contributed by atoms with E-state index in [-0.39, 0.29) is 11.8 Å². The zero-order valence-electron chi connectivity index (χ0n) is 13.3. The third-order valence-corrected chi connectivity index (χ3v) is 4.66. The number of amides is 2. The number of rotatable bonds is 3. The number of anilines is 1. The molecule has 2 aromatic carbocycles. The van der Waals surface area contributed by atoms with E-state index in [1.54, 1.807) is 28.8 Å². The molecule has 124 valence electrons. The summed E-state index contributed by atoms with van der Waals surface area (Å²) in [6.45, 7) is 3.11. The van der Waals surface area contributed by atoms with Crippen molar-refractivity contribution in [2.45, 2.75) is 18.7 Å². The minimum Gasteiger partial charge on any atom is -0.307 e. The summed E-state index contributed by atoms with van der Waals surface area (Å²) in [5, 5.41) is 3.93. The maximum Gasteiger partial charge on any atom is 0.328 e. The SMILES string of the molecule is CC1CN=C(N(Cc2ccc(F)cc2)C(=O)Nc2ccccc2)S1. The van der Waals surface area contributed by atoms with Gasteiger partial charge in [0.1, 0.15) is 5.82 Å². The first-order valence-electron chi connectivity index (χ1n) is 7.71. The molecule has 2 amide bonds. The standard InChI is InChI=1S/C18H18FN3OS/c1-13-11-20-18(24-13)22(12-14-7-9-15(19)10-8-14)17(23)21-16-5-3-2-4-6-16/h2-10,13H,11-12H2,1H3,(H,21,23). The van der Waals surface area contributed by atoms with Gasteiger partial charge in [-0.3, -0.25) is 9.89 Å². The Morgan fingerprint density at radius 2 is 1.96 bits per heavy atom. The van der Waals surface area contributed by atoms with E-state index in [1.165, 1.54) is 12.1 Å². The smallest absolute Gasteiger partial charge is 0.307 e. The molecule has 1 heterocycles. The quantitative estimate of drug-likeness (QED) is 0.900. The zero-order chi connectivity index (χ0) is 16.9. The van der Waals surface area contributed by atoms with Crippen LogP contribution >= 0.6 is 11.8 Å². The van der Waals surface area contributed by atoms with Crippen LogP contribution in [0.1, 0.15) is 12.5 Å². The predicted molar refractivity (Wildman–Crippen MR) is 96.8 cm³/mol. The van der Waals surface area contributed by atoms with Crippen molar-refractivity contribution in [1.29, 1.82) is 0 Å². The van der Waals surface area contributed by atoms with Crippen LogP contribution in [-0.4, -0.2) is 27.9 Å². The predicted octanol–water partition coefficient (Wildman–Crippen LogP) is 4.35. The first-order valence-corrected chi connectivity index (χ1v) is 8.59. The van der Waals surface area contributed by atoms with Gasteiger partial charge in [-0.25, -0.2) is 9.18 Å². The van der Waals surface area contributed by atoms with E-state index in [0.717, 1.165) is 11.3 Å². The Kier molecular flexibility index (Phi) is 5.15. The average molecular weight is 343 g/mol. The molecule has 0 bridgehead atoms. The summed E-state index contributed by atoms with van der Waals surface area (Å²) in [7, 11) is 0. The summed E-state index contributed by atoms with van der Waals surface area (Å²) in [6, 6.07) is 15.2. The second-order valence-corrected chi connectivity index (χ2v) is 6.97. The fraction of sp³-hybridized carbons (Fsp3) is 0.222. The van der Waals surface area contributed by atoms with E-state index < -0.39 is 0 Å². The highest BCUT2D eigenvalue weighted by molar-refractivity contribution is 8.14. The molecule has 1 unspecified atom stereocenters. The molecule has 24 heavy (non-hydrogen) atoms. The lowest BCUT2D eigenvalue weighted by Crippen LogP contribution is -2.37. The van der Waals surface area contributed by atoms with Crippen molar-refractivity contribution in [3.05, 3.63) is 66.0 Å². The van der Waals surface area contributed by atoms with Crippen LogP contribution < -0.4 is 5.32 Å². The van der Waals surface area contributed by atoms with Crippen LogP contribution in [0.25, 0.3) is 0 Å². The van der Waals surface area contributed by atoms with E-state index in [0.29, 0.717) is 23.5 Å². The Morgan fingerprint density at radius 3 is 2.58 bits per heavy atom. The fourth-order valence-corrected chi connectivity index (χ4v) is 3.25. The third-order valence-electron chi connectivity index (χ3n) is 3.55. The molecular formula is C18H18FN3OS. The molecule has 1 N–H and O–H groups in total. The molecule has 3 rings (SSSR count). The van der Waals surface area contributed by atoms with Crippen LogP contribution in [-0.2, 0) is 6.54 Å². The maximum atomic E-state index is 13.1. The van der Waals surface area contributed by atoms with Crippen molar-refractivity contribution in [3.8, 4) is 0 Å². The summed E-state index contributed by atoms with van der Waals surface area (Å²) in [4.78, 5) is 18.8. The molecule has 1 atom stereocenters. The molecule has 0 saturated heterocycles. The summed E-state index contributed by atoms with van der Waals surface area (Å²) in [6.07, 6.45) is 0. The fourth-order valence-electron chi connectivity index (χ4n) is 2.32. The second kappa shape index (κ2) is 7.49. The number of para-hydroxylation sites is 1. The van der Waals surface area contributed by atoms with E-state index in [9.17, 15) is 9.18 Å². The Bertz CT molecular complexity index is 734. The largest absolute Gasteiger partial charge is 0.328 e. The van der Waals surface area contributed by atoms with Crippen LogP contribution in [0.5, 0.6) is 0 Å². The van der Waals surface area contributed by atoms with Gasteiger partial charge in [-0.15, -0.1) is 0 Å². The number of nitrogens with zero attached hydrogens (tertiary/aromatic N) is 2. The molecule has 0 radical (unpaired) electrons. The van der Waals surface area contributed by atoms with Crippen molar-refractivity contribution in [3.63, 3.8) is 0 Å². The van der Waals surface area contributed by atoms with Gasteiger partial charge in [0.15, 0.2) is 5.17 Å². The van der Waals surface area contributed by atoms with E-state index >= 15 is 0 Å². The normalized spacial score (nSPS) is 16.6. The Labute approximate surface area is 144 Å². The molecular weight excluding hydrogens is 325 g/mol. The van der Waals surface area contributed by atoms with Crippen molar-refractivity contribution >= 4 is 28.6 Å². The van der Waals surface area contributed by atoms with Crippen molar-refractivity contribution in [2.75, 3.05) is 11.9 Å². The molecule has 1 aliphatic heterocycles. The molecule has 6 heteroatoms. The number of thioether (sulfide) groups is 1. The first kappa shape index (κ1) is 16.5. The van der Waals surface area contributed by atoms with Crippen LogP contribution in [0.4, 0.5) is 14.9 Å². The molecule has 0 spiro atoms. The minimum absolute atomic E-state index is 0.245. The molecule has 2 aromatic rings. The van der Waals surface area contributed by atoms with Crippen LogP contribution in [0.3, 0.4) is 0 Å². The number of urea groups is 1. The summed E-state index contributed by atoms with van der Waals surface area (Å²) < 4.78 is 13.1. The molecule has 0 saturated carbocycles. The van der Waals surface area contributed by atoms with Gasteiger partial charge < -0.3 is 5.32 Å². The van der Waals surface area contributed by atoms with Crippen molar-refractivity contribution in [1.82, 2.24) is 4.90 Å². The molecule has 0 fully saturated rings. The first-order chi connectivity index (χ1) is 11.6. The second-order valence-electron chi connectivity index (χ2n) is 5.56. The number of carbonyl (C=O) groups excluding carboxylic acids is 1. The van der Waals surface area contributed by atoms with Gasteiger partial charge in [-0.05, 0) is 29.8 Å². The number of aliphatic imine (C=N–C) groups is 1. The highest BCUT2D eigenvalue weighted by Gasteiger charge is 2.26. The van der Waals surface area contributed by atoms with Crippen LogP contribution in [0.2, 0.25) is 0 Å². The van der Waals surface area contributed by atoms with Gasteiger partial charge in [0.2, 0.25) is 0 Å². The minimum atomic E-state index is -0.291. The lowest BCUT2D eigenvalue weighted by atomic mass is 10.2. The zero-order valence-corrected chi connectivity index (χ0v) is 14.1. The number of carbonyl (C=O) groups is 1. The summed E-state index contributed by atoms with van der Waals surface area (Å²) >= 11 is 1.58. The number of nitrogens with one attached hydrogen (secondary N) is 1. The maximum absolute atomic E-state index is 13.1. The number of hydrogen-bond donors (Lipinski definition) is 1. The monoisotopic (exact) mass is 343 g/mol. The van der Waals surface area contributed by atoms with Crippen LogP contribution in [0, 0.1) is 5.82 Å². The number of halogens is 1.